The van der Waals surface area contributed by atoms with Crippen LogP contribution in [0.5, 0.6) is 0 Å². The van der Waals surface area contributed by atoms with E-state index < -0.39 is 33.3 Å². The van der Waals surface area contributed by atoms with Crippen molar-refractivity contribution in [2.45, 2.75) is 48.4 Å². The number of ether oxygens (including phenoxy) is 1. The molecule has 1 N–H and O–H groups in total. The van der Waals surface area contributed by atoms with Crippen LogP contribution in [0.25, 0.3) is 11.0 Å². The van der Waals surface area contributed by atoms with E-state index in [2.05, 4.69) is 10.3 Å². The van der Waals surface area contributed by atoms with Gasteiger partial charge in [-0.25, -0.2) is 4.68 Å². The first kappa shape index (κ1) is 25.1. The van der Waals surface area contributed by atoms with Gasteiger partial charge in [-0.15, -0.1) is 16.9 Å². The molecule has 6 rings (SSSR count). The number of aliphatic hydroxyl groups excluding tert-OH is 1. The maximum absolute atomic E-state index is 14.4. The summed E-state index contributed by atoms with van der Waals surface area (Å²) < 4.78 is 5.61. The number of thioether (sulfide) groups is 1. The van der Waals surface area contributed by atoms with Crippen LogP contribution in [0.3, 0.4) is 0 Å². The number of unbranched alkanes of at least 4 members (excludes halogenated alkanes) is 2. The molecule has 4 aliphatic rings. The van der Waals surface area contributed by atoms with E-state index in [4.69, 9.17) is 4.74 Å². The smallest absolute Gasteiger partial charge is 0.311 e. The van der Waals surface area contributed by atoms with Crippen LogP contribution in [0.2, 0.25) is 0 Å². The Balaban J connectivity index is 1.39. The molecule has 1 spiro atoms. The molecule has 0 bridgehead atoms. The van der Waals surface area contributed by atoms with Crippen molar-refractivity contribution in [2.75, 3.05) is 26.3 Å². The molecule has 38 heavy (non-hydrogen) atoms. The lowest BCUT2D eigenvalue weighted by atomic mass is 9.75. The molecule has 200 valence electrons. The van der Waals surface area contributed by atoms with Gasteiger partial charge in [-0.3, -0.25) is 14.4 Å². The van der Waals surface area contributed by atoms with Gasteiger partial charge in [-0.2, -0.15) is 0 Å². The van der Waals surface area contributed by atoms with E-state index in [1.807, 2.05) is 55.5 Å². The largest absolute Gasteiger partial charge is 0.461 e. The third kappa shape index (κ3) is 3.78. The molecule has 5 heterocycles. The van der Waals surface area contributed by atoms with E-state index in [-0.39, 0.29) is 31.7 Å². The van der Waals surface area contributed by atoms with Crippen molar-refractivity contribution in [3.05, 3.63) is 48.6 Å². The molecule has 10 nitrogen and oxygen atoms in total. The lowest BCUT2D eigenvalue weighted by molar-refractivity contribution is -0.152. The fraction of sp³-hybridized carbons (Fsp3) is 0.519. The third-order valence-corrected chi connectivity index (χ3v) is 9.97. The minimum Gasteiger partial charge on any atom is -0.461 e. The highest BCUT2D eigenvalue weighted by Crippen LogP contribution is 2.65. The maximum Gasteiger partial charge on any atom is 0.311 e. The van der Waals surface area contributed by atoms with E-state index in [1.165, 1.54) is 11.8 Å². The second-order valence-electron chi connectivity index (χ2n) is 10.5. The summed E-state index contributed by atoms with van der Waals surface area (Å²) in [4.78, 5) is 45.1. The number of amides is 2. The van der Waals surface area contributed by atoms with Crippen LogP contribution < -0.4 is 0 Å². The number of aliphatic hydroxyl groups is 1. The predicted molar refractivity (Wildman–Crippen MR) is 141 cm³/mol. The monoisotopic (exact) mass is 537 g/mol. The minimum absolute atomic E-state index is 0.0830. The number of nitrogens with zero attached hydrogens (tertiary/aromatic N) is 5. The third-order valence-electron chi connectivity index (χ3n) is 8.18. The quantitative estimate of drug-likeness (QED) is 0.323. The molecular formula is C27H31N5O5S. The van der Waals surface area contributed by atoms with Crippen molar-refractivity contribution in [1.82, 2.24) is 24.8 Å². The first-order valence-electron chi connectivity index (χ1n) is 13.1. The number of carbonyl (C=O) groups is 3. The standard InChI is InChI=1S/C27H31N5O5S/c1-26-11-8-16-37-25(36)21(26)20-23(34)31(14-5-2-6-15-33)22-24(35)30(13-7-12-27(20,22)38-26)17-32-19-10-4-3-9-18(19)28-29-32/h3-4,7-12,20-22,33H,2,5-6,13-17H2,1H3/t20-,21+,22?,26-,27-/m0/s1. The lowest BCUT2D eigenvalue weighted by Crippen LogP contribution is -2.53. The van der Waals surface area contributed by atoms with E-state index in [0.717, 1.165) is 17.5 Å². The molecule has 2 saturated heterocycles. The molecule has 0 radical (unpaired) electrons. The molecular weight excluding hydrogens is 506 g/mol. The van der Waals surface area contributed by atoms with E-state index >= 15 is 0 Å². The number of para-hydroxylation sites is 1. The van der Waals surface area contributed by atoms with E-state index in [0.29, 0.717) is 25.9 Å². The van der Waals surface area contributed by atoms with Crippen molar-refractivity contribution in [1.29, 1.82) is 0 Å². The number of benzene rings is 1. The summed E-state index contributed by atoms with van der Waals surface area (Å²) in [5.41, 5.74) is 1.57. The lowest BCUT2D eigenvalue weighted by Gasteiger charge is -2.36. The summed E-state index contributed by atoms with van der Waals surface area (Å²) in [6.07, 6.45) is 9.78. The number of likely N-dealkylation sites (tertiary alicyclic amines) is 1. The van der Waals surface area contributed by atoms with E-state index in [1.54, 1.807) is 14.5 Å². The topological polar surface area (TPSA) is 118 Å². The first-order chi connectivity index (χ1) is 18.4. The van der Waals surface area contributed by atoms with Gasteiger partial charge >= 0.3 is 5.97 Å². The molecule has 2 aromatic rings. The Bertz CT molecular complexity index is 1340. The number of esters is 1. The average Bonchev–Trinajstić information content (AvgIpc) is 3.42. The zero-order chi connectivity index (χ0) is 26.5. The van der Waals surface area contributed by atoms with Crippen molar-refractivity contribution < 1.29 is 24.2 Å². The highest BCUT2D eigenvalue weighted by atomic mass is 32.2. The first-order valence-corrected chi connectivity index (χ1v) is 13.9. The van der Waals surface area contributed by atoms with Gasteiger partial charge in [0.25, 0.3) is 0 Å². The van der Waals surface area contributed by atoms with Crippen LogP contribution in [-0.4, -0.2) is 89.5 Å². The summed E-state index contributed by atoms with van der Waals surface area (Å²) in [5.74, 6) is -2.14. The second kappa shape index (κ2) is 9.53. The molecule has 2 amide bonds. The Morgan fingerprint density at radius 1 is 1.08 bits per heavy atom. The Kier molecular flexibility index (Phi) is 6.30. The Morgan fingerprint density at radius 3 is 2.76 bits per heavy atom. The summed E-state index contributed by atoms with van der Waals surface area (Å²) in [7, 11) is 0. The molecule has 1 aromatic heterocycles. The number of fused-ring (bicyclic) bond motifs is 3. The van der Waals surface area contributed by atoms with Gasteiger partial charge in [-0.1, -0.05) is 35.6 Å². The summed E-state index contributed by atoms with van der Waals surface area (Å²) >= 11 is 1.54. The number of cyclic esters (lactones) is 1. The summed E-state index contributed by atoms with van der Waals surface area (Å²) in [6.45, 7) is 3.17. The van der Waals surface area contributed by atoms with Crippen LogP contribution in [-0.2, 0) is 25.8 Å². The number of hydrogen-bond donors (Lipinski definition) is 1. The van der Waals surface area contributed by atoms with Crippen molar-refractivity contribution >= 4 is 40.6 Å². The Labute approximate surface area is 224 Å². The normalized spacial score (nSPS) is 32.3. The number of carbonyl (C=O) groups excluding carboxylic acids is 3. The molecule has 1 aromatic carbocycles. The van der Waals surface area contributed by atoms with Gasteiger partial charge in [0.15, 0.2) is 0 Å². The number of aromatic nitrogens is 3. The minimum atomic E-state index is -0.898. The molecule has 5 atom stereocenters. The van der Waals surface area contributed by atoms with Gasteiger partial charge in [0.05, 0.1) is 22.1 Å². The zero-order valence-electron chi connectivity index (χ0n) is 21.2. The van der Waals surface area contributed by atoms with Crippen molar-refractivity contribution in [3.63, 3.8) is 0 Å². The van der Waals surface area contributed by atoms with Crippen LogP contribution in [0.15, 0.2) is 48.6 Å². The SMILES string of the molecule is C[C@]12C=CCOC(=O)[C@H]1[C@H]1C(=O)N(CCCCCO)C3C(=O)N(Cn4nnc5ccccc54)CC=C[C@@]31S2. The van der Waals surface area contributed by atoms with Crippen molar-refractivity contribution in [3.8, 4) is 0 Å². The van der Waals surface area contributed by atoms with Crippen LogP contribution in [0.1, 0.15) is 26.2 Å². The highest BCUT2D eigenvalue weighted by molar-refractivity contribution is 8.02. The number of rotatable bonds is 7. The fourth-order valence-electron chi connectivity index (χ4n) is 6.52. The van der Waals surface area contributed by atoms with Crippen LogP contribution in [0, 0.1) is 11.8 Å². The van der Waals surface area contributed by atoms with Gasteiger partial charge < -0.3 is 19.6 Å². The van der Waals surface area contributed by atoms with Crippen LogP contribution in [0.4, 0.5) is 0 Å². The van der Waals surface area contributed by atoms with Gasteiger partial charge in [0.2, 0.25) is 11.8 Å². The Hall–Kier alpha value is -3.18. The molecule has 4 aliphatic heterocycles. The average molecular weight is 538 g/mol. The summed E-state index contributed by atoms with van der Waals surface area (Å²) in [6, 6.07) is 6.82. The molecule has 0 saturated carbocycles. The van der Waals surface area contributed by atoms with Crippen molar-refractivity contribution in [2.24, 2.45) is 11.8 Å². The summed E-state index contributed by atoms with van der Waals surface area (Å²) in [5, 5.41) is 17.7. The van der Waals surface area contributed by atoms with Crippen LogP contribution >= 0.6 is 11.8 Å². The number of hydrogen-bond acceptors (Lipinski definition) is 8. The molecule has 1 unspecified atom stereocenters. The Morgan fingerprint density at radius 2 is 1.92 bits per heavy atom. The second-order valence-corrected chi connectivity index (χ2v) is 12.3. The zero-order valence-corrected chi connectivity index (χ0v) is 22.0. The van der Waals surface area contributed by atoms with Gasteiger partial charge in [0, 0.05) is 24.4 Å². The molecule has 2 fully saturated rings. The van der Waals surface area contributed by atoms with Gasteiger partial charge in [-0.05, 0) is 44.4 Å². The van der Waals surface area contributed by atoms with Gasteiger partial charge in [0.1, 0.15) is 24.8 Å². The highest BCUT2D eigenvalue weighted by Gasteiger charge is 2.73. The predicted octanol–water partition coefficient (Wildman–Crippen LogP) is 1.75. The van der Waals surface area contributed by atoms with E-state index in [9.17, 15) is 19.5 Å². The molecule has 11 heteroatoms. The maximum atomic E-state index is 14.4. The fourth-order valence-corrected chi connectivity index (χ4v) is 8.68. The molecule has 0 aliphatic carbocycles.